The lowest BCUT2D eigenvalue weighted by Crippen LogP contribution is -2.11. The zero-order chi connectivity index (χ0) is 24.1. The highest BCUT2D eigenvalue weighted by Gasteiger charge is 2.16. The van der Waals surface area contributed by atoms with E-state index in [2.05, 4.69) is 5.32 Å². The minimum absolute atomic E-state index is 0.0584. The number of benzene rings is 3. The first-order valence-electron chi connectivity index (χ1n) is 9.88. The van der Waals surface area contributed by atoms with Gasteiger partial charge in [-0.2, -0.15) is 0 Å². The van der Waals surface area contributed by atoms with Gasteiger partial charge in [0.15, 0.2) is 5.76 Å². The lowest BCUT2D eigenvalue weighted by Gasteiger charge is -2.10. The third-order valence-electron chi connectivity index (χ3n) is 4.56. The molecule has 1 N–H and O–H groups in total. The average molecular weight is 515 g/mol. The number of nitro benzene ring substituents is 1. The van der Waals surface area contributed by atoms with Crippen molar-refractivity contribution in [1.29, 1.82) is 0 Å². The third-order valence-corrected chi connectivity index (χ3v) is 6.21. The number of ether oxygens (including phenoxy) is 1. The molecule has 10 heteroatoms. The Labute approximate surface area is 208 Å². The molecule has 0 spiro atoms. The molecule has 0 aliphatic carbocycles. The molecule has 0 fully saturated rings. The highest BCUT2D eigenvalue weighted by atomic mass is 35.5. The van der Waals surface area contributed by atoms with Gasteiger partial charge in [-0.1, -0.05) is 47.1 Å². The number of furan rings is 1. The molecule has 34 heavy (non-hydrogen) atoms. The fourth-order valence-electron chi connectivity index (χ4n) is 2.92. The fourth-order valence-corrected chi connectivity index (χ4v) is 4.11. The van der Waals surface area contributed by atoms with Crippen molar-refractivity contribution in [3.8, 4) is 5.75 Å². The molecule has 4 aromatic rings. The summed E-state index contributed by atoms with van der Waals surface area (Å²) in [5.74, 6) is 0.168. The van der Waals surface area contributed by atoms with Crippen molar-refractivity contribution in [2.75, 3.05) is 5.32 Å². The number of nitrogens with zero attached hydrogens (tertiary/aromatic N) is 1. The number of nitro groups is 1. The van der Waals surface area contributed by atoms with Gasteiger partial charge in [-0.25, -0.2) is 0 Å². The number of non-ortho nitro benzene ring substituents is 1. The second kappa shape index (κ2) is 10.6. The van der Waals surface area contributed by atoms with Crippen LogP contribution in [0.25, 0.3) is 0 Å². The Bertz CT molecular complexity index is 1340. The number of anilines is 1. The van der Waals surface area contributed by atoms with Gasteiger partial charge in [-0.3, -0.25) is 14.9 Å². The summed E-state index contributed by atoms with van der Waals surface area (Å²) in [5.41, 5.74) is 0.485. The number of carbonyl (C=O) groups excluding carboxylic acids is 1. The van der Waals surface area contributed by atoms with Crippen molar-refractivity contribution in [3.05, 3.63) is 111 Å². The molecule has 0 saturated heterocycles. The van der Waals surface area contributed by atoms with Crippen molar-refractivity contribution in [2.24, 2.45) is 0 Å². The van der Waals surface area contributed by atoms with Crippen molar-refractivity contribution < 1.29 is 18.9 Å². The molecule has 0 saturated carbocycles. The predicted octanol–water partition coefficient (Wildman–Crippen LogP) is 7.48. The average Bonchev–Trinajstić information content (AvgIpc) is 3.30. The van der Waals surface area contributed by atoms with Crippen molar-refractivity contribution in [2.45, 2.75) is 16.4 Å². The monoisotopic (exact) mass is 514 g/mol. The molecule has 0 atom stereocenters. The number of carbonyl (C=O) groups is 1. The summed E-state index contributed by atoms with van der Waals surface area (Å²) in [6.07, 6.45) is 0. The number of para-hydroxylation sites is 1. The van der Waals surface area contributed by atoms with Crippen LogP contribution >= 0.6 is 35.0 Å². The van der Waals surface area contributed by atoms with Gasteiger partial charge in [0.2, 0.25) is 0 Å². The summed E-state index contributed by atoms with van der Waals surface area (Å²) in [7, 11) is 0. The Hall–Kier alpha value is -3.46. The molecule has 0 unspecified atom stereocenters. The van der Waals surface area contributed by atoms with E-state index in [9.17, 15) is 14.9 Å². The first-order valence-corrected chi connectivity index (χ1v) is 11.5. The van der Waals surface area contributed by atoms with Crippen LogP contribution in [0.3, 0.4) is 0 Å². The van der Waals surface area contributed by atoms with Crippen molar-refractivity contribution in [3.63, 3.8) is 0 Å². The SMILES string of the molecule is O=C(Nc1ccccc1Sc1ccc(Cl)cc1)c1ccc(COc2cc([N+](=O)[O-])ccc2Cl)o1. The maximum atomic E-state index is 12.8. The van der Waals surface area contributed by atoms with Gasteiger partial charge in [-0.15, -0.1) is 0 Å². The standard InChI is InChI=1S/C24H16Cl2N2O5S/c25-15-5-9-18(10-6-15)34-23-4-2-1-3-20(23)27-24(29)21-12-8-17(33-21)14-32-22-13-16(28(30)31)7-11-19(22)26/h1-13H,14H2,(H,27,29). The number of rotatable bonds is 8. The Morgan fingerprint density at radius 2 is 1.79 bits per heavy atom. The third kappa shape index (κ3) is 5.91. The lowest BCUT2D eigenvalue weighted by molar-refractivity contribution is -0.384. The van der Waals surface area contributed by atoms with Crippen LogP contribution in [0.4, 0.5) is 11.4 Å². The van der Waals surface area contributed by atoms with E-state index in [0.717, 1.165) is 9.79 Å². The maximum Gasteiger partial charge on any atom is 0.291 e. The molecule has 1 aromatic heterocycles. The van der Waals surface area contributed by atoms with Crippen molar-refractivity contribution in [1.82, 2.24) is 0 Å². The van der Waals surface area contributed by atoms with Gasteiger partial charge >= 0.3 is 0 Å². The van der Waals surface area contributed by atoms with E-state index in [1.807, 2.05) is 30.3 Å². The Morgan fingerprint density at radius 1 is 1.03 bits per heavy atom. The molecule has 3 aromatic carbocycles. The fraction of sp³-hybridized carbons (Fsp3) is 0.0417. The van der Waals surface area contributed by atoms with Gasteiger partial charge in [0, 0.05) is 20.9 Å². The molecule has 0 radical (unpaired) electrons. The first-order chi connectivity index (χ1) is 16.4. The number of nitrogens with one attached hydrogen (secondary N) is 1. The second-order valence-corrected chi connectivity index (χ2v) is 8.89. The van der Waals surface area contributed by atoms with Crippen LogP contribution in [-0.4, -0.2) is 10.8 Å². The van der Waals surface area contributed by atoms with E-state index in [4.69, 9.17) is 32.4 Å². The largest absolute Gasteiger partial charge is 0.484 e. The van der Waals surface area contributed by atoms with Gasteiger partial charge in [-0.05, 0) is 54.6 Å². The molecule has 7 nitrogen and oxygen atoms in total. The summed E-state index contributed by atoms with van der Waals surface area (Å²) >= 11 is 13.5. The van der Waals surface area contributed by atoms with E-state index >= 15 is 0 Å². The summed E-state index contributed by atoms with van der Waals surface area (Å²) in [4.78, 5) is 25.0. The second-order valence-electron chi connectivity index (χ2n) is 6.93. The molecule has 0 aliphatic heterocycles. The molecular formula is C24H16Cl2N2O5S. The number of amides is 1. The van der Waals surface area contributed by atoms with Gasteiger partial charge < -0.3 is 14.5 Å². The van der Waals surface area contributed by atoms with Crippen LogP contribution in [0.15, 0.2) is 93.1 Å². The van der Waals surface area contributed by atoms with Crippen molar-refractivity contribution >= 4 is 52.2 Å². The molecule has 0 aliphatic rings. The van der Waals surface area contributed by atoms with E-state index in [0.29, 0.717) is 16.5 Å². The van der Waals surface area contributed by atoms with E-state index in [1.165, 1.54) is 36.0 Å². The number of halogens is 2. The zero-order valence-electron chi connectivity index (χ0n) is 17.4. The molecule has 1 heterocycles. The van der Waals surface area contributed by atoms with E-state index in [1.54, 1.807) is 24.3 Å². The van der Waals surface area contributed by atoms with Gasteiger partial charge in [0.1, 0.15) is 18.1 Å². The highest BCUT2D eigenvalue weighted by Crippen LogP contribution is 2.34. The van der Waals surface area contributed by atoms with Crippen LogP contribution < -0.4 is 10.1 Å². The Kier molecular flexibility index (Phi) is 7.42. The Morgan fingerprint density at radius 3 is 2.56 bits per heavy atom. The number of hydrogen-bond acceptors (Lipinski definition) is 6. The summed E-state index contributed by atoms with van der Waals surface area (Å²) < 4.78 is 11.1. The number of hydrogen-bond donors (Lipinski definition) is 1. The van der Waals surface area contributed by atoms with Crippen LogP contribution in [-0.2, 0) is 6.61 Å². The molecular weight excluding hydrogens is 499 g/mol. The van der Waals surface area contributed by atoms with Crippen LogP contribution in [0.5, 0.6) is 5.75 Å². The highest BCUT2D eigenvalue weighted by molar-refractivity contribution is 7.99. The summed E-state index contributed by atoms with van der Waals surface area (Å²) in [5, 5.41) is 14.7. The van der Waals surface area contributed by atoms with E-state index in [-0.39, 0.29) is 28.8 Å². The first kappa shape index (κ1) is 23.7. The molecule has 4 rings (SSSR count). The van der Waals surface area contributed by atoms with Gasteiger partial charge in [0.05, 0.1) is 21.7 Å². The topological polar surface area (TPSA) is 94.6 Å². The molecule has 1 amide bonds. The van der Waals surface area contributed by atoms with Crippen LogP contribution in [0.2, 0.25) is 10.0 Å². The maximum absolute atomic E-state index is 12.8. The van der Waals surface area contributed by atoms with E-state index < -0.39 is 10.8 Å². The smallest absolute Gasteiger partial charge is 0.291 e. The normalized spacial score (nSPS) is 10.6. The minimum Gasteiger partial charge on any atom is -0.484 e. The lowest BCUT2D eigenvalue weighted by atomic mass is 10.3. The zero-order valence-corrected chi connectivity index (χ0v) is 19.7. The molecule has 172 valence electrons. The minimum atomic E-state index is -0.540. The summed E-state index contributed by atoms with van der Waals surface area (Å²) in [6, 6.07) is 21.8. The predicted molar refractivity (Wildman–Crippen MR) is 131 cm³/mol. The summed E-state index contributed by atoms with van der Waals surface area (Å²) in [6.45, 7) is -0.0584. The quantitative estimate of drug-likeness (QED) is 0.193. The van der Waals surface area contributed by atoms with Crippen LogP contribution in [0, 0.1) is 10.1 Å². The Balaban J connectivity index is 1.42. The van der Waals surface area contributed by atoms with Crippen LogP contribution in [0.1, 0.15) is 16.3 Å². The molecule has 0 bridgehead atoms. The van der Waals surface area contributed by atoms with Gasteiger partial charge in [0.25, 0.3) is 11.6 Å².